The topological polar surface area (TPSA) is 66.1 Å². The predicted molar refractivity (Wildman–Crippen MR) is 71.3 cm³/mol. The number of aromatic nitrogens is 1. The zero-order chi connectivity index (χ0) is 12.8. The lowest BCUT2D eigenvalue weighted by atomic mass is 10.0. The second-order valence-corrected chi connectivity index (χ2v) is 4.45. The van der Waals surface area contributed by atoms with Crippen LogP contribution in [0.25, 0.3) is 10.9 Å². The summed E-state index contributed by atoms with van der Waals surface area (Å²) in [5.74, 6) is 0. The largest absolute Gasteiger partial charge is 0.361 e. The summed E-state index contributed by atoms with van der Waals surface area (Å²) in [4.78, 5) is 14.9. The molecule has 0 spiro atoms. The van der Waals surface area contributed by atoms with Crippen molar-refractivity contribution in [2.75, 3.05) is 7.11 Å². The Balaban J connectivity index is 2.23. The van der Waals surface area contributed by atoms with E-state index in [1.165, 1.54) is 7.11 Å². The van der Waals surface area contributed by atoms with Crippen molar-refractivity contribution in [3.8, 4) is 0 Å². The van der Waals surface area contributed by atoms with Crippen LogP contribution in [-0.4, -0.2) is 23.1 Å². The van der Waals surface area contributed by atoms with Crippen LogP contribution in [0.5, 0.6) is 0 Å². The van der Waals surface area contributed by atoms with Gasteiger partial charge >= 0.3 is 6.03 Å². The average Bonchev–Trinajstić information content (AvgIpc) is 2.91. The summed E-state index contributed by atoms with van der Waals surface area (Å²) in [6.45, 7) is 0. The van der Waals surface area contributed by atoms with Gasteiger partial charge in [-0.15, -0.1) is 0 Å². The van der Waals surface area contributed by atoms with Gasteiger partial charge in [0, 0.05) is 29.8 Å². The molecule has 1 fully saturated rings. The number of hydrogen-bond acceptors (Lipinski definition) is 3. The molecular weight excluding hydrogens is 250 g/mol. The number of para-hydroxylation sites is 1. The quantitative estimate of drug-likeness (QED) is 0.719. The number of hydrogen-bond donors (Lipinski definition) is 3. The molecule has 3 rings (SSSR count). The minimum absolute atomic E-state index is 0.319. The number of fused-ring (bicyclic) bond motifs is 1. The molecule has 0 bridgehead atoms. The molecule has 2 amide bonds. The Bertz CT molecular complexity index is 652. The molecule has 3 N–H and O–H groups in total. The molecule has 0 saturated carbocycles. The van der Waals surface area contributed by atoms with Gasteiger partial charge < -0.3 is 9.72 Å². The Morgan fingerprint density at radius 2 is 2.11 bits per heavy atom. The van der Waals surface area contributed by atoms with Gasteiger partial charge in [-0.05, 0) is 6.07 Å². The summed E-state index contributed by atoms with van der Waals surface area (Å²) in [5.41, 5.74) is 0.670. The molecule has 1 aromatic carbocycles. The Hall–Kier alpha value is -1.92. The van der Waals surface area contributed by atoms with Crippen molar-refractivity contribution in [1.82, 2.24) is 15.6 Å². The highest BCUT2D eigenvalue weighted by atomic mass is 32.1. The van der Waals surface area contributed by atoms with Gasteiger partial charge in [-0.2, -0.15) is 0 Å². The first kappa shape index (κ1) is 11.2. The number of urea groups is 1. The third kappa shape index (κ3) is 1.36. The molecule has 1 aliphatic heterocycles. The fraction of sp³-hybridized carbons (Fsp3) is 0.167. The highest BCUT2D eigenvalue weighted by Gasteiger charge is 2.46. The number of methoxy groups -OCH3 is 1. The molecule has 1 aliphatic rings. The van der Waals surface area contributed by atoms with E-state index in [0.29, 0.717) is 4.99 Å². The number of thiocarbonyl (C=S) groups is 1. The molecular formula is C12H11N3O2S. The van der Waals surface area contributed by atoms with E-state index in [1.54, 1.807) is 6.20 Å². The van der Waals surface area contributed by atoms with Crippen molar-refractivity contribution < 1.29 is 9.53 Å². The molecule has 1 saturated heterocycles. The van der Waals surface area contributed by atoms with Crippen molar-refractivity contribution in [2.45, 2.75) is 5.72 Å². The van der Waals surface area contributed by atoms with E-state index in [1.807, 2.05) is 24.3 Å². The standard InChI is InChI=1S/C12H11N3O2S/c1-17-12(10(18)14-11(16)15-12)8-6-13-9-5-3-2-4-7(8)9/h2-6,13H,1H3,(H2,14,15,16,18). The number of nitrogens with one attached hydrogen (secondary N) is 3. The maximum atomic E-state index is 11.5. The van der Waals surface area contributed by atoms with Crippen LogP contribution in [0.3, 0.4) is 0 Å². The molecule has 1 aromatic heterocycles. The van der Waals surface area contributed by atoms with Crippen LogP contribution >= 0.6 is 12.2 Å². The molecule has 6 heteroatoms. The number of benzene rings is 1. The second-order valence-electron chi connectivity index (χ2n) is 4.04. The van der Waals surface area contributed by atoms with Crippen molar-refractivity contribution >= 4 is 34.1 Å². The Kier molecular flexibility index (Phi) is 2.36. The zero-order valence-corrected chi connectivity index (χ0v) is 10.4. The Morgan fingerprint density at radius 3 is 2.78 bits per heavy atom. The fourth-order valence-electron chi connectivity index (χ4n) is 2.25. The molecule has 0 aliphatic carbocycles. The van der Waals surface area contributed by atoms with E-state index in [9.17, 15) is 4.79 Å². The minimum atomic E-state index is -1.09. The first-order valence-corrected chi connectivity index (χ1v) is 5.83. The van der Waals surface area contributed by atoms with Crippen LogP contribution < -0.4 is 10.6 Å². The number of carbonyl (C=O) groups excluding carboxylic acids is 1. The maximum absolute atomic E-state index is 11.5. The average molecular weight is 261 g/mol. The van der Waals surface area contributed by atoms with Crippen LogP contribution in [0.15, 0.2) is 30.5 Å². The number of H-pyrrole nitrogens is 1. The molecule has 18 heavy (non-hydrogen) atoms. The van der Waals surface area contributed by atoms with Crippen molar-refractivity contribution in [3.05, 3.63) is 36.0 Å². The summed E-state index contributed by atoms with van der Waals surface area (Å²) in [7, 11) is 1.52. The van der Waals surface area contributed by atoms with Crippen LogP contribution in [0.4, 0.5) is 4.79 Å². The normalized spacial score (nSPS) is 23.2. The molecule has 92 valence electrons. The Labute approximate surface area is 109 Å². The van der Waals surface area contributed by atoms with Gasteiger partial charge in [0.1, 0.15) is 4.99 Å². The first-order chi connectivity index (χ1) is 8.67. The van der Waals surface area contributed by atoms with Gasteiger partial charge in [0.25, 0.3) is 0 Å². The van der Waals surface area contributed by atoms with Crippen LogP contribution in [0, 0.1) is 0 Å². The molecule has 1 unspecified atom stereocenters. The first-order valence-electron chi connectivity index (χ1n) is 5.43. The highest BCUT2D eigenvalue weighted by Crippen LogP contribution is 2.32. The van der Waals surface area contributed by atoms with E-state index in [0.717, 1.165) is 16.5 Å². The number of rotatable bonds is 2. The SMILES string of the molecule is COC1(c2c[nH]c3ccccc23)NC(=O)NC1=S. The van der Waals surface area contributed by atoms with E-state index in [-0.39, 0.29) is 6.03 Å². The van der Waals surface area contributed by atoms with E-state index in [2.05, 4.69) is 15.6 Å². The molecule has 1 atom stereocenters. The summed E-state index contributed by atoms with van der Waals surface area (Å²) >= 11 is 5.21. The lowest BCUT2D eigenvalue weighted by Crippen LogP contribution is -2.44. The third-order valence-electron chi connectivity index (χ3n) is 3.11. The zero-order valence-electron chi connectivity index (χ0n) is 9.61. The lowest BCUT2D eigenvalue weighted by molar-refractivity contribution is 0.0377. The predicted octanol–water partition coefficient (Wildman–Crippen LogP) is 1.61. The number of aromatic amines is 1. The van der Waals surface area contributed by atoms with Crippen molar-refractivity contribution in [2.24, 2.45) is 0 Å². The third-order valence-corrected chi connectivity index (χ3v) is 3.50. The van der Waals surface area contributed by atoms with Crippen molar-refractivity contribution in [1.29, 1.82) is 0 Å². The van der Waals surface area contributed by atoms with Gasteiger partial charge in [0.15, 0.2) is 0 Å². The van der Waals surface area contributed by atoms with E-state index < -0.39 is 5.72 Å². The van der Waals surface area contributed by atoms with E-state index >= 15 is 0 Å². The molecule has 2 heterocycles. The monoisotopic (exact) mass is 261 g/mol. The van der Waals surface area contributed by atoms with Crippen molar-refractivity contribution in [3.63, 3.8) is 0 Å². The minimum Gasteiger partial charge on any atom is -0.361 e. The molecule has 2 aromatic rings. The highest BCUT2D eigenvalue weighted by molar-refractivity contribution is 7.80. The van der Waals surface area contributed by atoms with Gasteiger partial charge in [0.05, 0.1) is 0 Å². The number of ether oxygens (including phenoxy) is 1. The van der Waals surface area contributed by atoms with Gasteiger partial charge in [-0.1, -0.05) is 30.4 Å². The maximum Gasteiger partial charge on any atom is 0.322 e. The summed E-state index contributed by atoms with van der Waals surface area (Å²) in [6, 6.07) is 7.42. The summed E-state index contributed by atoms with van der Waals surface area (Å²) < 4.78 is 5.48. The number of carbonyl (C=O) groups is 1. The lowest BCUT2D eigenvalue weighted by Gasteiger charge is -2.25. The second kappa shape index (κ2) is 3.79. The molecule has 0 radical (unpaired) electrons. The fourth-order valence-corrected chi connectivity index (χ4v) is 2.58. The summed E-state index contributed by atoms with van der Waals surface area (Å²) in [6.07, 6.45) is 1.80. The molecule has 5 nitrogen and oxygen atoms in total. The van der Waals surface area contributed by atoms with Gasteiger partial charge in [-0.25, -0.2) is 4.79 Å². The van der Waals surface area contributed by atoms with E-state index in [4.69, 9.17) is 17.0 Å². The van der Waals surface area contributed by atoms with Gasteiger partial charge in [0.2, 0.25) is 5.72 Å². The van der Waals surface area contributed by atoms with Crippen LogP contribution in [0.2, 0.25) is 0 Å². The van der Waals surface area contributed by atoms with Crippen LogP contribution in [0.1, 0.15) is 5.56 Å². The number of amides is 2. The van der Waals surface area contributed by atoms with Crippen LogP contribution in [-0.2, 0) is 10.5 Å². The summed E-state index contributed by atoms with van der Waals surface area (Å²) in [5, 5.41) is 6.25. The van der Waals surface area contributed by atoms with Gasteiger partial charge in [-0.3, -0.25) is 10.6 Å². The Morgan fingerprint density at radius 1 is 1.33 bits per heavy atom. The smallest absolute Gasteiger partial charge is 0.322 e.